The van der Waals surface area contributed by atoms with E-state index in [0.29, 0.717) is 23.6 Å². The molecule has 0 fully saturated rings. The zero-order valence-corrected chi connectivity index (χ0v) is 12.6. The minimum atomic E-state index is -3.58. The summed E-state index contributed by atoms with van der Waals surface area (Å²) >= 11 is 0. The highest BCUT2D eigenvalue weighted by Gasteiger charge is 2.21. The third kappa shape index (κ3) is 3.46. The monoisotopic (exact) mass is 297 g/mol. The molecule has 0 aromatic heterocycles. The molecule has 0 spiro atoms. The number of nitrogens with one attached hydrogen (secondary N) is 1. The molecule has 1 unspecified atom stereocenters. The Hall–Kier alpha value is -1.20. The van der Waals surface area contributed by atoms with Crippen molar-refractivity contribution >= 4 is 10.0 Å². The van der Waals surface area contributed by atoms with Crippen molar-refractivity contribution in [1.29, 1.82) is 0 Å². The van der Waals surface area contributed by atoms with Crippen LogP contribution in [0.1, 0.15) is 30.4 Å². The third-order valence-electron chi connectivity index (χ3n) is 3.63. The van der Waals surface area contributed by atoms with Crippen LogP contribution in [0, 0.1) is 25.6 Å². The Labute approximate surface area is 119 Å². The van der Waals surface area contributed by atoms with Crippen molar-refractivity contribution in [3.05, 3.63) is 41.2 Å². The Bertz CT molecular complexity index is 600. The molecule has 0 aliphatic heterocycles. The number of halogens is 1. The molecular weight excluding hydrogens is 277 g/mol. The first-order chi connectivity index (χ1) is 9.40. The van der Waals surface area contributed by atoms with Gasteiger partial charge in [-0.05, 0) is 62.3 Å². The lowest BCUT2D eigenvalue weighted by atomic mass is 9.95. The molecule has 0 bridgehead atoms. The predicted octanol–water partition coefficient (Wildman–Crippen LogP) is 3.08. The van der Waals surface area contributed by atoms with Gasteiger partial charge in [0.15, 0.2) is 0 Å². The van der Waals surface area contributed by atoms with Crippen LogP contribution in [-0.4, -0.2) is 15.0 Å². The summed E-state index contributed by atoms with van der Waals surface area (Å²) in [5.74, 6) is -0.0628. The maximum Gasteiger partial charge on any atom is 0.241 e. The molecule has 20 heavy (non-hydrogen) atoms. The molecule has 0 saturated carbocycles. The van der Waals surface area contributed by atoms with E-state index in [1.807, 2.05) is 0 Å². The number of benzene rings is 1. The van der Waals surface area contributed by atoms with Gasteiger partial charge in [-0.15, -0.1) is 0 Å². The van der Waals surface area contributed by atoms with Gasteiger partial charge in [-0.3, -0.25) is 0 Å². The summed E-state index contributed by atoms with van der Waals surface area (Å²) in [7, 11) is -3.58. The zero-order valence-electron chi connectivity index (χ0n) is 11.8. The molecule has 5 heteroatoms. The molecule has 1 N–H and O–H groups in total. The summed E-state index contributed by atoms with van der Waals surface area (Å²) in [5, 5.41) is 0. The first-order valence-electron chi connectivity index (χ1n) is 6.81. The first kappa shape index (κ1) is 15.2. The largest absolute Gasteiger partial charge is 0.241 e. The van der Waals surface area contributed by atoms with Gasteiger partial charge in [0, 0.05) is 6.54 Å². The van der Waals surface area contributed by atoms with E-state index in [2.05, 4.69) is 16.9 Å². The lowest BCUT2D eigenvalue weighted by Crippen LogP contribution is -2.30. The van der Waals surface area contributed by atoms with E-state index < -0.39 is 15.8 Å². The quantitative estimate of drug-likeness (QED) is 0.868. The molecule has 3 nitrogen and oxygen atoms in total. The molecule has 0 saturated heterocycles. The van der Waals surface area contributed by atoms with E-state index in [0.717, 1.165) is 19.3 Å². The Balaban J connectivity index is 2.16. The molecule has 2 rings (SSSR count). The van der Waals surface area contributed by atoms with Crippen LogP contribution in [0.25, 0.3) is 0 Å². The highest BCUT2D eigenvalue weighted by molar-refractivity contribution is 7.89. The zero-order chi connectivity index (χ0) is 14.8. The number of hydrogen-bond donors (Lipinski definition) is 1. The van der Waals surface area contributed by atoms with Gasteiger partial charge in [0.2, 0.25) is 10.0 Å². The Morgan fingerprint density at radius 3 is 2.45 bits per heavy atom. The van der Waals surface area contributed by atoms with E-state index in [9.17, 15) is 12.8 Å². The van der Waals surface area contributed by atoms with E-state index in [4.69, 9.17) is 0 Å². The number of rotatable bonds is 4. The van der Waals surface area contributed by atoms with Gasteiger partial charge >= 0.3 is 0 Å². The topological polar surface area (TPSA) is 46.2 Å². The van der Waals surface area contributed by atoms with Crippen molar-refractivity contribution in [1.82, 2.24) is 4.72 Å². The minimum absolute atomic E-state index is 0.199. The van der Waals surface area contributed by atoms with Crippen molar-refractivity contribution in [3.63, 3.8) is 0 Å². The average molecular weight is 297 g/mol. The molecule has 0 amide bonds. The van der Waals surface area contributed by atoms with Crippen molar-refractivity contribution < 1.29 is 12.8 Å². The molecular formula is C15H20FNO2S. The summed E-state index contributed by atoms with van der Waals surface area (Å²) in [6.07, 6.45) is 7.13. The lowest BCUT2D eigenvalue weighted by Gasteiger charge is -2.19. The summed E-state index contributed by atoms with van der Waals surface area (Å²) < 4.78 is 40.7. The molecule has 1 aromatic carbocycles. The number of hydrogen-bond acceptors (Lipinski definition) is 2. The maximum absolute atomic E-state index is 13.3. The second-order valence-electron chi connectivity index (χ2n) is 5.37. The fraction of sp³-hybridized carbons (Fsp3) is 0.467. The number of allylic oxidation sites excluding steroid dienone is 2. The first-order valence-corrected chi connectivity index (χ1v) is 8.30. The van der Waals surface area contributed by atoms with E-state index in [1.54, 1.807) is 13.8 Å². The molecule has 110 valence electrons. The standard InChI is InChI=1S/C15H20FNO2S/c1-11-8-14(16)9-12(2)15(11)20(18,19)17-10-13-6-4-3-5-7-13/h3-4,8-9,13,17H,5-7,10H2,1-2H3. The molecule has 1 aromatic rings. The van der Waals surface area contributed by atoms with Crippen LogP contribution in [0.3, 0.4) is 0 Å². The Kier molecular flexibility index (Phi) is 4.60. The van der Waals surface area contributed by atoms with Gasteiger partial charge in [0.25, 0.3) is 0 Å². The van der Waals surface area contributed by atoms with Gasteiger partial charge in [-0.1, -0.05) is 12.2 Å². The minimum Gasteiger partial charge on any atom is -0.211 e. The van der Waals surface area contributed by atoms with Crippen molar-refractivity contribution in [2.24, 2.45) is 5.92 Å². The predicted molar refractivity (Wildman–Crippen MR) is 77.5 cm³/mol. The van der Waals surface area contributed by atoms with E-state index in [-0.39, 0.29) is 4.90 Å². The second-order valence-corrected chi connectivity index (χ2v) is 7.07. The number of sulfonamides is 1. The third-order valence-corrected chi connectivity index (χ3v) is 5.36. The van der Waals surface area contributed by atoms with Gasteiger partial charge in [-0.25, -0.2) is 17.5 Å². The van der Waals surface area contributed by atoms with Crippen molar-refractivity contribution in [2.75, 3.05) is 6.54 Å². The SMILES string of the molecule is Cc1cc(F)cc(C)c1S(=O)(=O)NCC1CC=CCC1. The van der Waals surface area contributed by atoms with Crippen LogP contribution in [0.15, 0.2) is 29.2 Å². The van der Waals surface area contributed by atoms with E-state index in [1.165, 1.54) is 12.1 Å². The Morgan fingerprint density at radius 2 is 1.90 bits per heavy atom. The summed E-state index contributed by atoms with van der Waals surface area (Å²) in [6.45, 7) is 3.67. The van der Waals surface area contributed by atoms with Crippen LogP contribution in [0.2, 0.25) is 0 Å². The van der Waals surface area contributed by atoms with Crippen LogP contribution >= 0.6 is 0 Å². The highest BCUT2D eigenvalue weighted by Crippen LogP contribution is 2.22. The van der Waals surface area contributed by atoms with Gasteiger partial charge < -0.3 is 0 Å². The maximum atomic E-state index is 13.3. The van der Waals surface area contributed by atoms with Crippen LogP contribution < -0.4 is 4.72 Å². The van der Waals surface area contributed by atoms with Crippen molar-refractivity contribution in [3.8, 4) is 0 Å². The second kappa shape index (κ2) is 6.06. The van der Waals surface area contributed by atoms with Crippen LogP contribution in [0.4, 0.5) is 4.39 Å². The Morgan fingerprint density at radius 1 is 1.25 bits per heavy atom. The normalized spacial score (nSPS) is 19.2. The molecule has 0 radical (unpaired) electrons. The highest BCUT2D eigenvalue weighted by atomic mass is 32.2. The molecule has 0 heterocycles. The fourth-order valence-electron chi connectivity index (χ4n) is 2.66. The van der Waals surface area contributed by atoms with Crippen LogP contribution in [0.5, 0.6) is 0 Å². The van der Waals surface area contributed by atoms with Gasteiger partial charge in [-0.2, -0.15) is 0 Å². The fourth-order valence-corrected chi connectivity index (χ4v) is 4.23. The molecule has 1 aliphatic carbocycles. The smallest absolute Gasteiger partial charge is 0.211 e. The summed E-state index contributed by atoms with van der Waals surface area (Å²) in [4.78, 5) is 0.199. The average Bonchev–Trinajstić information content (AvgIpc) is 2.36. The summed E-state index contributed by atoms with van der Waals surface area (Å²) in [5.41, 5.74) is 0.886. The van der Waals surface area contributed by atoms with E-state index >= 15 is 0 Å². The molecule has 1 atom stereocenters. The van der Waals surface area contributed by atoms with Crippen molar-refractivity contribution in [2.45, 2.75) is 38.0 Å². The number of aryl methyl sites for hydroxylation is 2. The van der Waals surface area contributed by atoms with Gasteiger partial charge in [0.1, 0.15) is 5.82 Å². The van der Waals surface area contributed by atoms with Gasteiger partial charge in [0.05, 0.1) is 4.90 Å². The molecule has 1 aliphatic rings. The lowest BCUT2D eigenvalue weighted by molar-refractivity contribution is 0.468. The van der Waals surface area contributed by atoms with Crippen LogP contribution in [-0.2, 0) is 10.0 Å². The summed E-state index contributed by atoms with van der Waals surface area (Å²) in [6, 6.07) is 2.51.